The minimum atomic E-state index is -0.502. The van der Waals surface area contributed by atoms with Crippen LogP contribution in [0.5, 0.6) is 5.75 Å². The Labute approximate surface area is 151 Å². The van der Waals surface area contributed by atoms with Crippen LogP contribution in [0.3, 0.4) is 0 Å². The van der Waals surface area contributed by atoms with E-state index in [2.05, 4.69) is 0 Å². The van der Waals surface area contributed by atoms with E-state index < -0.39 is 11.6 Å². The van der Waals surface area contributed by atoms with Crippen LogP contribution in [0.4, 0.5) is 0 Å². The summed E-state index contributed by atoms with van der Waals surface area (Å²) in [5, 5.41) is 0.759. The third kappa shape index (κ3) is 4.30. The zero-order valence-corrected chi connectivity index (χ0v) is 14.8. The topological polar surface area (TPSA) is 65.7 Å². The summed E-state index contributed by atoms with van der Waals surface area (Å²) >= 11 is 0. The summed E-state index contributed by atoms with van der Waals surface area (Å²) in [5.41, 5.74) is 2.76. The number of rotatable bonds is 6. The van der Waals surface area contributed by atoms with Crippen molar-refractivity contribution in [3.8, 4) is 5.75 Å². The van der Waals surface area contributed by atoms with Gasteiger partial charge in [0, 0.05) is 17.0 Å². The van der Waals surface area contributed by atoms with Crippen LogP contribution in [-0.4, -0.2) is 12.6 Å². The van der Waals surface area contributed by atoms with Crippen LogP contribution in [0.2, 0.25) is 0 Å². The number of ether oxygens (including phenoxy) is 2. The van der Waals surface area contributed by atoms with E-state index in [0.717, 1.165) is 22.9 Å². The van der Waals surface area contributed by atoms with Crippen LogP contribution >= 0.6 is 0 Å². The Hall–Kier alpha value is -3.08. The lowest BCUT2D eigenvalue weighted by molar-refractivity contribution is -0.147. The number of carbonyl (C=O) groups excluding carboxylic acids is 1. The molecule has 1 aromatic heterocycles. The van der Waals surface area contributed by atoms with E-state index in [-0.39, 0.29) is 13.2 Å². The second kappa shape index (κ2) is 7.87. The Morgan fingerprint density at radius 1 is 1.12 bits per heavy atom. The van der Waals surface area contributed by atoms with Crippen molar-refractivity contribution in [2.45, 2.75) is 26.9 Å². The van der Waals surface area contributed by atoms with E-state index in [9.17, 15) is 9.59 Å². The molecule has 0 N–H and O–H groups in total. The maximum atomic E-state index is 11.9. The van der Waals surface area contributed by atoms with Gasteiger partial charge in [-0.3, -0.25) is 0 Å². The summed E-state index contributed by atoms with van der Waals surface area (Å²) < 4.78 is 15.9. The molecule has 0 radical (unpaired) electrons. The molecule has 0 spiro atoms. The molecule has 5 heteroatoms. The number of aryl methyl sites for hydroxylation is 2. The van der Waals surface area contributed by atoms with Gasteiger partial charge < -0.3 is 13.9 Å². The fraction of sp³-hybridized carbons (Fsp3) is 0.238. The second-order valence-corrected chi connectivity index (χ2v) is 6.04. The maximum absolute atomic E-state index is 11.9. The first-order valence-electron chi connectivity index (χ1n) is 8.46. The van der Waals surface area contributed by atoms with Crippen molar-refractivity contribution in [3.63, 3.8) is 0 Å². The lowest BCUT2D eigenvalue weighted by atomic mass is 10.1. The smallest absolute Gasteiger partial charge is 0.344 e. The number of esters is 1. The minimum absolute atomic E-state index is 0.0103. The Morgan fingerprint density at radius 3 is 2.73 bits per heavy atom. The van der Waals surface area contributed by atoms with Gasteiger partial charge in [-0.25, -0.2) is 9.59 Å². The molecular weight excluding hydrogens is 332 g/mol. The van der Waals surface area contributed by atoms with E-state index in [1.807, 2.05) is 50.2 Å². The molecule has 5 nitrogen and oxygen atoms in total. The standard InChI is InChI=1S/C21H20O5/c1-3-15-7-8-18-16(11-20(22)26-19(18)10-15)12-25-21(23)13-24-17-6-4-5-14(2)9-17/h4-11H,3,12-13H2,1-2H3. The Bertz CT molecular complexity index is 987. The third-order valence-corrected chi connectivity index (χ3v) is 4.04. The van der Waals surface area contributed by atoms with Crippen molar-refractivity contribution in [2.75, 3.05) is 6.61 Å². The fourth-order valence-electron chi connectivity index (χ4n) is 2.66. The predicted molar refractivity (Wildman–Crippen MR) is 98.3 cm³/mol. The highest BCUT2D eigenvalue weighted by molar-refractivity contribution is 5.81. The van der Waals surface area contributed by atoms with Crippen molar-refractivity contribution in [3.05, 3.63) is 75.6 Å². The van der Waals surface area contributed by atoms with Gasteiger partial charge in [-0.2, -0.15) is 0 Å². The average Bonchev–Trinajstić information content (AvgIpc) is 2.63. The number of carbonyl (C=O) groups is 1. The van der Waals surface area contributed by atoms with Gasteiger partial charge >= 0.3 is 11.6 Å². The van der Waals surface area contributed by atoms with Crippen molar-refractivity contribution in [2.24, 2.45) is 0 Å². The van der Waals surface area contributed by atoms with Gasteiger partial charge in [0.25, 0.3) is 0 Å². The zero-order valence-electron chi connectivity index (χ0n) is 14.8. The number of fused-ring (bicyclic) bond motifs is 1. The first kappa shape index (κ1) is 17.7. The first-order valence-corrected chi connectivity index (χ1v) is 8.46. The van der Waals surface area contributed by atoms with Gasteiger partial charge in [-0.05, 0) is 42.7 Å². The van der Waals surface area contributed by atoms with Crippen molar-refractivity contribution in [1.82, 2.24) is 0 Å². The molecule has 0 fully saturated rings. The predicted octanol–water partition coefficient (Wildman–Crippen LogP) is 3.79. The summed E-state index contributed by atoms with van der Waals surface area (Å²) in [6, 6.07) is 14.5. The molecule has 134 valence electrons. The van der Waals surface area contributed by atoms with E-state index in [1.165, 1.54) is 6.07 Å². The summed E-state index contributed by atoms with van der Waals surface area (Å²) in [6.45, 7) is 3.77. The Kier molecular flexibility index (Phi) is 5.37. The van der Waals surface area contributed by atoms with Crippen molar-refractivity contribution in [1.29, 1.82) is 0 Å². The second-order valence-electron chi connectivity index (χ2n) is 6.04. The molecule has 3 rings (SSSR count). The molecule has 0 unspecified atom stereocenters. The van der Waals surface area contributed by atoms with Gasteiger partial charge in [0.05, 0.1) is 0 Å². The van der Waals surface area contributed by atoms with Crippen LogP contribution in [-0.2, 0) is 22.6 Å². The Balaban J connectivity index is 1.67. The van der Waals surface area contributed by atoms with E-state index in [4.69, 9.17) is 13.9 Å². The highest BCUT2D eigenvalue weighted by Crippen LogP contribution is 2.20. The normalized spacial score (nSPS) is 10.7. The molecule has 2 aromatic carbocycles. The lowest BCUT2D eigenvalue weighted by Gasteiger charge is -2.09. The summed E-state index contributed by atoms with van der Waals surface area (Å²) in [4.78, 5) is 23.7. The number of hydrogen-bond donors (Lipinski definition) is 0. The van der Waals surface area contributed by atoms with Crippen LogP contribution in [0.25, 0.3) is 11.0 Å². The average molecular weight is 352 g/mol. The molecule has 0 atom stereocenters. The molecule has 0 saturated carbocycles. The first-order chi connectivity index (χ1) is 12.5. The SMILES string of the molecule is CCc1ccc2c(COC(=O)COc3cccc(C)c3)cc(=O)oc2c1. The van der Waals surface area contributed by atoms with Crippen molar-refractivity contribution < 1.29 is 18.7 Å². The van der Waals surface area contributed by atoms with Crippen LogP contribution in [0, 0.1) is 6.92 Å². The van der Waals surface area contributed by atoms with E-state index >= 15 is 0 Å². The lowest BCUT2D eigenvalue weighted by Crippen LogP contribution is -2.15. The molecule has 0 saturated heterocycles. The zero-order chi connectivity index (χ0) is 18.5. The molecule has 1 heterocycles. The molecule has 0 aliphatic carbocycles. The maximum Gasteiger partial charge on any atom is 0.344 e. The molecular formula is C21H20O5. The van der Waals surface area contributed by atoms with Gasteiger partial charge in [0.2, 0.25) is 0 Å². The number of benzene rings is 2. The van der Waals surface area contributed by atoms with Crippen LogP contribution < -0.4 is 10.4 Å². The highest BCUT2D eigenvalue weighted by atomic mass is 16.6. The van der Waals surface area contributed by atoms with E-state index in [1.54, 1.807) is 6.07 Å². The monoisotopic (exact) mass is 352 g/mol. The highest BCUT2D eigenvalue weighted by Gasteiger charge is 2.10. The molecule has 3 aromatic rings. The van der Waals surface area contributed by atoms with Crippen LogP contribution in [0.1, 0.15) is 23.6 Å². The van der Waals surface area contributed by atoms with Gasteiger partial charge in [-0.1, -0.05) is 31.2 Å². The molecule has 0 aliphatic heterocycles. The Morgan fingerprint density at radius 2 is 1.96 bits per heavy atom. The number of hydrogen-bond acceptors (Lipinski definition) is 5. The van der Waals surface area contributed by atoms with Crippen LogP contribution in [0.15, 0.2) is 57.7 Å². The van der Waals surface area contributed by atoms with Crippen molar-refractivity contribution >= 4 is 16.9 Å². The molecule has 26 heavy (non-hydrogen) atoms. The minimum Gasteiger partial charge on any atom is -0.482 e. The summed E-state index contributed by atoms with van der Waals surface area (Å²) in [7, 11) is 0. The molecule has 0 aliphatic rings. The summed E-state index contributed by atoms with van der Waals surface area (Å²) in [5.74, 6) is 0.109. The van der Waals surface area contributed by atoms with Gasteiger partial charge in [0.1, 0.15) is 17.9 Å². The third-order valence-electron chi connectivity index (χ3n) is 4.04. The van der Waals surface area contributed by atoms with E-state index in [0.29, 0.717) is 16.9 Å². The van der Waals surface area contributed by atoms with Gasteiger partial charge in [0.15, 0.2) is 6.61 Å². The van der Waals surface area contributed by atoms with Gasteiger partial charge in [-0.15, -0.1) is 0 Å². The quantitative estimate of drug-likeness (QED) is 0.499. The largest absolute Gasteiger partial charge is 0.482 e. The fourth-order valence-corrected chi connectivity index (χ4v) is 2.66. The molecule has 0 amide bonds. The summed E-state index contributed by atoms with van der Waals surface area (Å²) in [6.07, 6.45) is 0.842. The molecule has 0 bridgehead atoms.